The number of carbonyl (C=O) groups is 1. The maximum Gasteiger partial charge on any atom is 0.233 e. The molecule has 0 fully saturated rings. The summed E-state index contributed by atoms with van der Waals surface area (Å²) in [6, 6.07) is 17.9. The molecule has 2 aromatic carbocycles. The van der Waals surface area contributed by atoms with E-state index in [9.17, 15) is 4.79 Å². The first kappa shape index (κ1) is 16.5. The summed E-state index contributed by atoms with van der Waals surface area (Å²) < 4.78 is 0. The first-order valence-corrected chi connectivity index (χ1v) is 7.82. The molecule has 2 N–H and O–H groups in total. The summed E-state index contributed by atoms with van der Waals surface area (Å²) in [6.45, 7) is 2.97. The van der Waals surface area contributed by atoms with Crippen LogP contribution in [0.3, 0.4) is 0 Å². The van der Waals surface area contributed by atoms with Crippen molar-refractivity contribution in [3.05, 3.63) is 70.7 Å². The fourth-order valence-electron chi connectivity index (χ4n) is 2.21. The van der Waals surface area contributed by atoms with Crippen LogP contribution >= 0.6 is 11.6 Å². The molecule has 0 spiro atoms. The van der Waals surface area contributed by atoms with Gasteiger partial charge in [-0.2, -0.15) is 0 Å². The van der Waals surface area contributed by atoms with Crippen LogP contribution in [-0.4, -0.2) is 19.0 Å². The molecule has 1 amide bonds. The largest absolute Gasteiger partial charge is 0.355 e. The van der Waals surface area contributed by atoms with Gasteiger partial charge in [-0.25, -0.2) is 0 Å². The molecule has 0 bridgehead atoms. The first-order valence-electron chi connectivity index (χ1n) is 7.44. The van der Waals surface area contributed by atoms with Gasteiger partial charge >= 0.3 is 0 Å². The Hall–Kier alpha value is -1.84. The molecule has 0 radical (unpaired) electrons. The number of benzene rings is 2. The van der Waals surface area contributed by atoms with E-state index in [1.54, 1.807) is 0 Å². The molecular formula is C18H21ClN2O. The molecule has 116 valence electrons. The average molecular weight is 317 g/mol. The summed E-state index contributed by atoms with van der Waals surface area (Å²) in [5.74, 6) is 0.00445. The van der Waals surface area contributed by atoms with E-state index in [-0.39, 0.29) is 11.9 Å². The van der Waals surface area contributed by atoms with Gasteiger partial charge in [0.25, 0.3) is 0 Å². The van der Waals surface area contributed by atoms with E-state index < -0.39 is 0 Å². The number of amides is 1. The summed E-state index contributed by atoms with van der Waals surface area (Å²) in [4.78, 5) is 11.8. The van der Waals surface area contributed by atoms with Crippen LogP contribution in [0.5, 0.6) is 0 Å². The van der Waals surface area contributed by atoms with E-state index in [0.717, 1.165) is 17.0 Å². The van der Waals surface area contributed by atoms with Crippen LogP contribution in [0.4, 0.5) is 0 Å². The summed E-state index contributed by atoms with van der Waals surface area (Å²) >= 11 is 5.93. The molecule has 0 aromatic heterocycles. The highest BCUT2D eigenvalue weighted by molar-refractivity contribution is 6.30. The van der Waals surface area contributed by atoms with Crippen molar-refractivity contribution < 1.29 is 4.79 Å². The van der Waals surface area contributed by atoms with E-state index >= 15 is 0 Å². The Kier molecular flexibility index (Phi) is 6.44. The lowest BCUT2D eigenvalue weighted by Crippen LogP contribution is -2.36. The quantitative estimate of drug-likeness (QED) is 0.822. The predicted molar refractivity (Wildman–Crippen MR) is 91.0 cm³/mol. The van der Waals surface area contributed by atoms with Crippen LogP contribution in [0.25, 0.3) is 0 Å². The second-order valence-corrected chi connectivity index (χ2v) is 5.68. The molecule has 3 nitrogen and oxygen atoms in total. The molecule has 1 atom stereocenters. The van der Waals surface area contributed by atoms with Gasteiger partial charge in [-0.3, -0.25) is 4.79 Å². The zero-order chi connectivity index (χ0) is 15.8. The average Bonchev–Trinajstić information content (AvgIpc) is 2.53. The van der Waals surface area contributed by atoms with Gasteiger partial charge in [-0.1, -0.05) is 54.1 Å². The summed E-state index contributed by atoms with van der Waals surface area (Å²) in [5, 5.41) is 6.86. The molecular weight excluding hydrogens is 296 g/mol. The van der Waals surface area contributed by atoms with Gasteiger partial charge in [-0.15, -0.1) is 0 Å². The standard InChI is InChI=1S/C18H21ClN2O/c1-14(16-7-3-2-4-8-16)21-13-18(22)20-11-10-15-6-5-9-17(19)12-15/h2-9,12,14,21H,10-11,13H2,1H3,(H,20,22). The minimum absolute atomic E-state index is 0.00445. The number of hydrogen-bond donors (Lipinski definition) is 2. The molecule has 0 aliphatic rings. The molecule has 2 rings (SSSR count). The topological polar surface area (TPSA) is 41.1 Å². The second-order valence-electron chi connectivity index (χ2n) is 5.24. The second kappa shape index (κ2) is 8.57. The third kappa shape index (κ3) is 5.51. The lowest BCUT2D eigenvalue weighted by Gasteiger charge is -2.14. The Morgan fingerprint density at radius 2 is 1.91 bits per heavy atom. The van der Waals surface area contributed by atoms with Gasteiger partial charge in [0.2, 0.25) is 5.91 Å². The van der Waals surface area contributed by atoms with Gasteiger partial charge in [0.05, 0.1) is 6.54 Å². The fourth-order valence-corrected chi connectivity index (χ4v) is 2.42. The van der Waals surface area contributed by atoms with Crippen LogP contribution in [-0.2, 0) is 11.2 Å². The van der Waals surface area contributed by atoms with Crippen LogP contribution in [0.2, 0.25) is 5.02 Å². The maximum absolute atomic E-state index is 11.8. The van der Waals surface area contributed by atoms with E-state index in [0.29, 0.717) is 13.1 Å². The van der Waals surface area contributed by atoms with Gasteiger partial charge < -0.3 is 10.6 Å². The van der Waals surface area contributed by atoms with Gasteiger partial charge in [-0.05, 0) is 36.6 Å². The summed E-state index contributed by atoms with van der Waals surface area (Å²) in [6.07, 6.45) is 0.778. The lowest BCUT2D eigenvalue weighted by atomic mass is 10.1. The van der Waals surface area contributed by atoms with Crippen molar-refractivity contribution in [1.82, 2.24) is 10.6 Å². The monoisotopic (exact) mass is 316 g/mol. The molecule has 22 heavy (non-hydrogen) atoms. The van der Waals surface area contributed by atoms with E-state index in [2.05, 4.69) is 29.7 Å². The lowest BCUT2D eigenvalue weighted by molar-refractivity contribution is -0.120. The van der Waals surface area contributed by atoms with Crippen molar-refractivity contribution in [2.24, 2.45) is 0 Å². The molecule has 4 heteroatoms. The van der Waals surface area contributed by atoms with Crippen LogP contribution in [0.15, 0.2) is 54.6 Å². The van der Waals surface area contributed by atoms with Gasteiger partial charge in [0.1, 0.15) is 0 Å². The van der Waals surface area contributed by atoms with Crippen molar-refractivity contribution in [3.63, 3.8) is 0 Å². The number of halogens is 1. The molecule has 0 heterocycles. The Labute approximate surface area is 136 Å². The Morgan fingerprint density at radius 1 is 1.14 bits per heavy atom. The van der Waals surface area contributed by atoms with E-state index in [4.69, 9.17) is 11.6 Å². The third-order valence-corrected chi connectivity index (χ3v) is 3.73. The van der Waals surface area contributed by atoms with E-state index in [1.165, 1.54) is 5.56 Å². The first-order chi connectivity index (χ1) is 10.6. The molecule has 0 saturated heterocycles. The van der Waals surface area contributed by atoms with Gasteiger partial charge in [0.15, 0.2) is 0 Å². The van der Waals surface area contributed by atoms with Gasteiger partial charge in [0, 0.05) is 17.6 Å². The Bertz CT molecular complexity index is 601. The highest BCUT2D eigenvalue weighted by Crippen LogP contribution is 2.11. The SMILES string of the molecule is CC(NCC(=O)NCCc1cccc(Cl)c1)c1ccccc1. The predicted octanol–water partition coefficient (Wildman–Crippen LogP) is 3.35. The Morgan fingerprint density at radius 3 is 2.64 bits per heavy atom. The number of carbonyl (C=O) groups excluding carboxylic acids is 1. The number of rotatable bonds is 7. The molecule has 0 aliphatic heterocycles. The smallest absolute Gasteiger partial charge is 0.233 e. The van der Waals surface area contributed by atoms with Crippen molar-refractivity contribution in [3.8, 4) is 0 Å². The maximum atomic E-state index is 11.8. The Balaban J connectivity index is 1.68. The van der Waals surface area contributed by atoms with E-state index in [1.807, 2.05) is 42.5 Å². The van der Waals surface area contributed by atoms with Crippen LogP contribution in [0.1, 0.15) is 24.1 Å². The van der Waals surface area contributed by atoms with Crippen LogP contribution < -0.4 is 10.6 Å². The summed E-state index contributed by atoms with van der Waals surface area (Å²) in [5.41, 5.74) is 2.30. The highest BCUT2D eigenvalue weighted by Gasteiger charge is 2.06. The number of nitrogens with one attached hydrogen (secondary N) is 2. The van der Waals surface area contributed by atoms with Crippen molar-refractivity contribution in [2.75, 3.05) is 13.1 Å². The molecule has 1 unspecified atom stereocenters. The van der Waals surface area contributed by atoms with Crippen molar-refractivity contribution in [2.45, 2.75) is 19.4 Å². The molecule has 0 saturated carbocycles. The summed E-state index contributed by atoms with van der Waals surface area (Å²) in [7, 11) is 0. The van der Waals surface area contributed by atoms with Crippen molar-refractivity contribution >= 4 is 17.5 Å². The normalized spacial score (nSPS) is 11.9. The zero-order valence-electron chi connectivity index (χ0n) is 12.7. The van der Waals surface area contributed by atoms with Crippen molar-refractivity contribution in [1.29, 1.82) is 0 Å². The minimum Gasteiger partial charge on any atom is -0.355 e. The number of hydrogen-bond acceptors (Lipinski definition) is 2. The molecule has 2 aromatic rings. The zero-order valence-corrected chi connectivity index (χ0v) is 13.4. The van der Waals surface area contributed by atoms with Crippen LogP contribution in [0, 0.1) is 0 Å². The fraction of sp³-hybridized carbons (Fsp3) is 0.278. The third-order valence-electron chi connectivity index (χ3n) is 3.49. The molecule has 0 aliphatic carbocycles. The highest BCUT2D eigenvalue weighted by atomic mass is 35.5. The minimum atomic E-state index is 0.00445.